The molecule has 0 amide bonds. The van der Waals surface area contributed by atoms with Gasteiger partial charge in [-0.15, -0.1) is 0 Å². The lowest BCUT2D eigenvalue weighted by molar-refractivity contribution is 0.479. The predicted molar refractivity (Wildman–Crippen MR) is 67.5 cm³/mol. The van der Waals surface area contributed by atoms with Crippen LogP contribution in [0.25, 0.3) is 0 Å². The summed E-state index contributed by atoms with van der Waals surface area (Å²) in [5, 5.41) is 0.572. The molecule has 1 heterocycles. The highest BCUT2D eigenvalue weighted by atomic mass is 32.1. The maximum atomic E-state index is 5.88. The Labute approximate surface area is 104 Å². The molecule has 88 valence electrons. The molecular formula is C12H13N3OS. The van der Waals surface area contributed by atoms with Crippen molar-refractivity contribution in [2.24, 2.45) is 0 Å². The normalized spacial score (nSPS) is 14.9. The molecule has 2 N–H and O–H groups in total. The SMILES string of the molecule is Cc1ccc(Oc2nc(C3CC3)ns2)c(N)c1. The highest BCUT2D eigenvalue weighted by Gasteiger charge is 2.28. The second kappa shape index (κ2) is 4.00. The molecule has 0 bridgehead atoms. The van der Waals surface area contributed by atoms with E-state index in [2.05, 4.69) is 9.36 Å². The van der Waals surface area contributed by atoms with Crippen LogP contribution in [-0.2, 0) is 0 Å². The minimum atomic E-state index is 0.555. The van der Waals surface area contributed by atoms with Gasteiger partial charge in [-0.3, -0.25) is 0 Å². The zero-order valence-electron chi connectivity index (χ0n) is 9.51. The summed E-state index contributed by atoms with van der Waals surface area (Å²) >= 11 is 1.29. The third-order valence-corrected chi connectivity index (χ3v) is 3.34. The Morgan fingerprint density at radius 3 is 2.94 bits per heavy atom. The number of rotatable bonds is 3. The number of aryl methyl sites for hydroxylation is 1. The Hall–Kier alpha value is -1.62. The van der Waals surface area contributed by atoms with E-state index < -0.39 is 0 Å². The maximum Gasteiger partial charge on any atom is 0.298 e. The summed E-state index contributed by atoms with van der Waals surface area (Å²) in [7, 11) is 0. The minimum Gasteiger partial charge on any atom is -0.428 e. The van der Waals surface area contributed by atoms with Gasteiger partial charge in [-0.05, 0) is 37.5 Å². The average molecular weight is 247 g/mol. The molecule has 3 rings (SSSR count). The van der Waals surface area contributed by atoms with Gasteiger partial charge in [0.2, 0.25) is 0 Å². The number of hydrogen-bond acceptors (Lipinski definition) is 5. The molecule has 0 unspecified atom stereocenters. The Balaban J connectivity index is 1.80. The molecule has 0 spiro atoms. The van der Waals surface area contributed by atoms with Gasteiger partial charge in [0.1, 0.15) is 5.82 Å². The third-order valence-electron chi connectivity index (χ3n) is 2.73. The number of anilines is 1. The van der Waals surface area contributed by atoms with Crippen LogP contribution in [0.4, 0.5) is 5.69 Å². The first-order valence-electron chi connectivity index (χ1n) is 5.60. The van der Waals surface area contributed by atoms with Crippen molar-refractivity contribution in [3.63, 3.8) is 0 Å². The number of nitrogens with zero attached hydrogens (tertiary/aromatic N) is 2. The smallest absolute Gasteiger partial charge is 0.298 e. The first-order valence-corrected chi connectivity index (χ1v) is 6.37. The predicted octanol–water partition coefficient (Wildman–Crippen LogP) is 3.10. The largest absolute Gasteiger partial charge is 0.428 e. The molecule has 0 atom stereocenters. The molecule has 17 heavy (non-hydrogen) atoms. The third kappa shape index (κ3) is 2.24. The van der Waals surface area contributed by atoms with Crippen molar-refractivity contribution in [1.82, 2.24) is 9.36 Å². The highest BCUT2D eigenvalue weighted by Crippen LogP contribution is 2.40. The van der Waals surface area contributed by atoms with E-state index in [-0.39, 0.29) is 0 Å². The van der Waals surface area contributed by atoms with Crippen molar-refractivity contribution in [3.8, 4) is 10.9 Å². The van der Waals surface area contributed by atoms with Gasteiger partial charge in [0.15, 0.2) is 5.75 Å². The maximum absolute atomic E-state index is 5.88. The molecule has 1 aliphatic rings. The summed E-state index contributed by atoms with van der Waals surface area (Å²) < 4.78 is 9.93. The van der Waals surface area contributed by atoms with Crippen LogP contribution in [0.2, 0.25) is 0 Å². The van der Waals surface area contributed by atoms with Crippen LogP contribution in [0.3, 0.4) is 0 Å². The van der Waals surface area contributed by atoms with E-state index in [1.807, 2.05) is 25.1 Å². The van der Waals surface area contributed by atoms with Crippen molar-refractivity contribution < 1.29 is 4.74 Å². The fraction of sp³-hybridized carbons (Fsp3) is 0.333. The van der Waals surface area contributed by atoms with Gasteiger partial charge in [0, 0.05) is 17.5 Å². The van der Waals surface area contributed by atoms with Gasteiger partial charge in [-0.25, -0.2) is 0 Å². The fourth-order valence-corrected chi connectivity index (χ4v) is 2.25. The number of nitrogen functional groups attached to an aromatic ring is 1. The van der Waals surface area contributed by atoms with Gasteiger partial charge in [-0.2, -0.15) is 9.36 Å². The van der Waals surface area contributed by atoms with E-state index in [4.69, 9.17) is 10.5 Å². The van der Waals surface area contributed by atoms with Crippen LogP contribution in [0.15, 0.2) is 18.2 Å². The lowest BCUT2D eigenvalue weighted by Crippen LogP contribution is -1.92. The first-order chi connectivity index (χ1) is 8.22. The Morgan fingerprint density at radius 1 is 1.41 bits per heavy atom. The monoisotopic (exact) mass is 247 g/mol. The summed E-state index contributed by atoms with van der Waals surface area (Å²) in [6.45, 7) is 2.00. The minimum absolute atomic E-state index is 0.555. The van der Waals surface area contributed by atoms with Crippen LogP contribution >= 0.6 is 11.5 Å². The summed E-state index contributed by atoms with van der Waals surface area (Å²) in [5.41, 5.74) is 7.63. The lowest BCUT2D eigenvalue weighted by atomic mass is 10.2. The Bertz CT molecular complexity index is 548. The zero-order chi connectivity index (χ0) is 11.8. The molecule has 2 aromatic rings. The van der Waals surface area contributed by atoms with E-state index in [1.165, 1.54) is 24.4 Å². The summed E-state index contributed by atoms with van der Waals surface area (Å²) in [5.74, 6) is 2.11. The van der Waals surface area contributed by atoms with Crippen LogP contribution in [0.5, 0.6) is 10.9 Å². The number of nitrogens with two attached hydrogens (primary N) is 1. The topological polar surface area (TPSA) is 61.0 Å². The summed E-state index contributed by atoms with van der Waals surface area (Å²) in [4.78, 5) is 4.36. The standard InChI is InChI=1S/C12H13N3OS/c1-7-2-5-10(9(13)6-7)16-12-14-11(15-17-12)8-3-4-8/h2,5-6,8H,3-4,13H2,1H3. The quantitative estimate of drug-likeness (QED) is 0.847. The second-order valence-electron chi connectivity index (χ2n) is 4.34. The van der Waals surface area contributed by atoms with Crippen LogP contribution in [0, 0.1) is 6.92 Å². The fourth-order valence-electron chi connectivity index (χ4n) is 1.62. The average Bonchev–Trinajstić information content (AvgIpc) is 3.04. The van der Waals surface area contributed by atoms with Crippen LogP contribution in [-0.4, -0.2) is 9.36 Å². The molecule has 1 saturated carbocycles. The molecule has 1 aliphatic carbocycles. The number of hydrogen-bond donors (Lipinski definition) is 1. The first kappa shape index (κ1) is 10.5. The molecule has 0 saturated heterocycles. The van der Waals surface area contributed by atoms with Gasteiger partial charge < -0.3 is 10.5 Å². The molecule has 0 aliphatic heterocycles. The van der Waals surface area contributed by atoms with E-state index in [0.29, 0.717) is 22.5 Å². The van der Waals surface area contributed by atoms with Crippen LogP contribution < -0.4 is 10.5 Å². The molecule has 1 aromatic carbocycles. The van der Waals surface area contributed by atoms with Crippen molar-refractivity contribution >= 4 is 17.2 Å². The summed E-state index contributed by atoms with van der Waals surface area (Å²) in [6, 6.07) is 5.72. The van der Waals surface area contributed by atoms with Crippen LogP contribution in [0.1, 0.15) is 30.1 Å². The van der Waals surface area contributed by atoms with E-state index in [0.717, 1.165) is 11.4 Å². The number of aromatic nitrogens is 2. The number of benzene rings is 1. The summed E-state index contributed by atoms with van der Waals surface area (Å²) in [6.07, 6.45) is 2.39. The highest BCUT2D eigenvalue weighted by molar-refractivity contribution is 7.07. The van der Waals surface area contributed by atoms with Crippen molar-refractivity contribution in [3.05, 3.63) is 29.6 Å². The Kier molecular flexibility index (Phi) is 2.48. The van der Waals surface area contributed by atoms with Crippen molar-refractivity contribution in [2.75, 3.05) is 5.73 Å². The molecule has 1 fully saturated rings. The second-order valence-corrected chi connectivity index (χ2v) is 5.05. The lowest BCUT2D eigenvalue weighted by Gasteiger charge is -2.05. The zero-order valence-corrected chi connectivity index (χ0v) is 10.3. The van der Waals surface area contributed by atoms with Crippen molar-refractivity contribution in [1.29, 1.82) is 0 Å². The molecule has 0 radical (unpaired) electrons. The van der Waals surface area contributed by atoms with Gasteiger partial charge >= 0.3 is 0 Å². The molecule has 5 heteroatoms. The van der Waals surface area contributed by atoms with E-state index >= 15 is 0 Å². The molecule has 1 aromatic heterocycles. The van der Waals surface area contributed by atoms with E-state index in [9.17, 15) is 0 Å². The van der Waals surface area contributed by atoms with Gasteiger partial charge in [0.05, 0.1) is 5.69 Å². The van der Waals surface area contributed by atoms with Gasteiger partial charge in [-0.1, -0.05) is 6.07 Å². The number of ether oxygens (including phenoxy) is 1. The molecule has 4 nitrogen and oxygen atoms in total. The van der Waals surface area contributed by atoms with Gasteiger partial charge in [0.25, 0.3) is 5.19 Å². The van der Waals surface area contributed by atoms with Crippen molar-refractivity contribution in [2.45, 2.75) is 25.7 Å². The van der Waals surface area contributed by atoms with E-state index in [1.54, 1.807) is 0 Å². The molecular weight excluding hydrogens is 234 g/mol. The Morgan fingerprint density at radius 2 is 2.24 bits per heavy atom.